The molecule has 0 radical (unpaired) electrons. The quantitative estimate of drug-likeness (QED) is 0.665. The number of nitrogens with zero attached hydrogens (tertiary/aromatic N) is 1. The number of hydrogen-bond acceptors (Lipinski definition) is 5. The van der Waals surface area contributed by atoms with Crippen molar-refractivity contribution in [1.29, 1.82) is 0 Å². The zero-order chi connectivity index (χ0) is 17.8. The second-order valence-corrected chi connectivity index (χ2v) is 5.90. The number of benzene rings is 2. The van der Waals surface area contributed by atoms with Gasteiger partial charge in [-0.05, 0) is 37.4 Å². The monoisotopic (exact) mass is 340 g/mol. The maximum atomic E-state index is 13.0. The second-order valence-electron chi connectivity index (χ2n) is 5.90. The van der Waals surface area contributed by atoms with Gasteiger partial charge in [-0.1, -0.05) is 26.0 Å². The molecule has 5 nitrogen and oxygen atoms in total. The number of anilines is 1. The molecule has 132 valence electrons. The first-order valence-corrected chi connectivity index (χ1v) is 8.68. The number of fused-ring (bicyclic) bond motifs is 2. The molecule has 0 aliphatic heterocycles. The van der Waals surface area contributed by atoms with Gasteiger partial charge >= 0.3 is 0 Å². The Morgan fingerprint density at radius 2 is 1.88 bits per heavy atom. The highest BCUT2D eigenvalue weighted by atomic mass is 16.5. The Labute approximate surface area is 147 Å². The summed E-state index contributed by atoms with van der Waals surface area (Å²) in [5.41, 5.74) is 1.79. The molecular formula is C20H24N2O3. The summed E-state index contributed by atoms with van der Waals surface area (Å²) >= 11 is 0. The number of hydrogen-bond donors (Lipinski definition) is 1. The van der Waals surface area contributed by atoms with Crippen molar-refractivity contribution >= 4 is 27.6 Å². The molecule has 0 spiro atoms. The molecule has 0 aliphatic carbocycles. The van der Waals surface area contributed by atoms with Gasteiger partial charge in [0.15, 0.2) is 11.3 Å². The molecule has 0 saturated carbocycles. The Morgan fingerprint density at radius 1 is 1.12 bits per heavy atom. The van der Waals surface area contributed by atoms with E-state index in [0.29, 0.717) is 27.7 Å². The standard InChI is InChI=1S/C20H24N2O3/c1-4-22(5-2)13-12-21-15-10-11-17(24-3)20-18(15)19(23)14-8-6-7-9-16(14)25-20/h6-11,21H,4-5,12-13H2,1-3H3. The summed E-state index contributed by atoms with van der Waals surface area (Å²) in [5.74, 6) is 0.562. The zero-order valence-corrected chi connectivity index (χ0v) is 15.0. The van der Waals surface area contributed by atoms with E-state index in [2.05, 4.69) is 24.1 Å². The molecule has 3 rings (SSSR count). The third-order valence-electron chi connectivity index (χ3n) is 4.55. The minimum Gasteiger partial charge on any atom is -0.493 e. The van der Waals surface area contributed by atoms with Crippen LogP contribution in [0.1, 0.15) is 13.8 Å². The first-order valence-electron chi connectivity index (χ1n) is 8.68. The van der Waals surface area contributed by atoms with E-state index in [4.69, 9.17) is 9.15 Å². The van der Waals surface area contributed by atoms with E-state index in [0.717, 1.165) is 31.9 Å². The third kappa shape index (κ3) is 3.33. The van der Waals surface area contributed by atoms with Gasteiger partial charge in [0.05, 0.1) is 17.9 Å². The predicted octanol–water partition coefficient (Wildman–Crippen LogP) is 3.71. The first kappa shape index (κ1) is 17.3. The molecule has 5 heteroatoms. The van der Waals surface area contributed by atoms with Crippen LogP contribution >= 0.6 is 0 Å². The van der Waals surface area contributed by atoms with Crippen molar-refractivity contribution in [3.05, 3.63) is 46.6 Å². The number of para-hydroxylation sites is 1. The molecule has 0 aliphatic rings. The molecule has 1 aromatic heterocycles. The van der Waals surface area contributed by atoms with Crippen molar-refractivity contribution in [3.63, 3.8) is 0 Å². The Bertz CT molecular complexity index is 929. The third-order valence-corrected chi connectivity index (χ3v) is 4.55. The van der Waals surface area contributed by atoms with Gasteiger partial charge in [0.25, 0.3) is 0 Å². The predicted molar refractivity (Wildman–Crippen MR) is 103 cm³/mol. The average Bonchev–Trinajstić information content (AvgIpc) is 2.65. The van der Waals surface area contributed by atoms with E-state index < -0.39 is 0 Å². The fourth-order valence-corrected chi connectivity index (χ4v) is 3.07. The SMILES string of the molecule is CCN(CC)CCNc1ccc(OC)c2oc3ccccc3c(=O)c12. The van der Waals surface area contributed by atoms with Crippen LogP contribution < -0.4 is 15.5 Å². The van der Waals surface area contributed by atoms with Gasteiger partial charge < -0.3 is 19.4 Å². The van der Waals surface area contributed by atoms with Crippen LogP contribution in [-0.2, 0) is 0 Å². The zero-order valence-electron chi connectivity index (χ0n) is 15.0. The van der Waals surface area contributed by atoms with E-state index in [1.54, 1.807) is 19.2 Å². The van der Waals surface area contributed by atoms with Gasteiger partial charge in [-0.2, -0.15) is 0 Å². The van der Waals surface area contributed by atoms with Crippen molar-refractivity contribution in [3.8, 4) is 5.75 Å². The summed E-state index contributed by atoms with van der Waals surface area (Å²) in [7, 11) is 1.58. The number of rotatable bonds is 7. The normalized spacial score (nSPS) is 11.4. The van der Waals surface area contributed by atoms with Crippen LogP contribution in [-0.4, -0.2) is 38.2 Å². The van der Waals surface area contributed by atoms with Gasteiger partial charge in [-0.15, -0.1) is 0 Å². The molecule has 0 atom stereocenters. The first-order chi connectivity index (χ1) is 12.2. The summed E-state index contributed by atoms with van der Waals surface area (Å²) < 4.78 is 11.4. The van der Waals surface area contributed by atoms with Crippen LogP contribution in [0.5, 0.6) is 5.75 Å². The van der Waals surface area contributed by atoms with Crippen LogP contribution in [0.3, 0.4) is 0 Å². The molecule has 3 aromatic rings. The lowest BCUT2D eigenvalue weighted by Crippen LogP contribution is -2.28. The van der Waals surface area contributed by atoms with Crippen LogP contribution in [0, 0.1) is 0 Å². The average molecular weight is 340 g/mol. The maximum absolute atomic E-state index is 13.0. The van der Waals surface area contributed by atoms with Crippen LogP contribution in [0.15, 0.2) is 45.6 Å². The van der Waals surface area contributed by atoms with Gasteiger partial charge in [-0.3, -0.25) is 4.79 Å². The van der Waals surface area contributed by atoms with E-state index in [9.17, 15) is 4.79 Å². The highest BCUT2D eigenvalue weighted by Gasteiger charge is 2.15. The molecule has 0 bridgehead atoms. The minimum atomic E-state index is -0.0407. The molecule has 0 fully saturated rings. The van der Waals surface area contributed by atoms with Crippen molar-refractivity contribution in [2.24, 2.45) is 0 Å². The van der Waals surface area contributed by atoms with E-state index in [1.807, 2.05) is 24.3 Å². The van der Waals surface area contributed by atoms with E-state index >= 15 is 0 Å². The fraction of sp³-hybridized carbons (Fsp3) is 0.350. The summed E-state index contributed by atoms with van der Waals surface area (Å²) in [6, 6.07) is 11.0. The summed E-state index contributed by atoms with van der Waals surface area (Å²) in [4.78, 5) is 15.4. The lowest BCUT2D eigenvalue weighted by Gasteiger charge is -2.19. The number of nitrogens with one attached hydrogen (secondary N) is 1. The van der Waals surface area contributed by atoms with Gasteiger partial charge in [-0.25, -0.2) is 0 Å². The maximum Gasteiger partial charge on any atom is 0.202 e. The summed E-state index contributed by atoms with van der Waals surface area (Å²) in [6.07, 6.45) is 0. The van der Waals surface area contributed by atoms with Gasteiger partial charge in [0.2, 0.25) is 5.43 Å². The summed E-state index contributed by atoms with van der Waals surface area (Å²) in [5, 5.41) is 4.50. The molecule has 1 heterocycles. The van der Waals surface area contributed by atoms with Crippen molar-refractivity contribution in [2.45, 2.75) is 13.8 Å². The number of likely N-dealkylation sites (N-methyl/N-ethyl adjacent to an activating group) is 1. The van der Waals surface area contributed by atoms with Crippen LogP contribution in [0.2, 0.25) is 0 Å². The fourth-order valence-electron chi connectivity index (χ4n) is 3.07. The molecule has 0 unspecified atom stereocenters. The Hall–Kier alpha value is -2.53. The molecule has 2 aromatic carbocycles. The van der Waals surface area contributed by atoms with Crippen molar-refractivity contribution in [1.82, 2.24) is 4.90 Å². The highest BCUT2D eigenvalue weighted by Crippen LogP contribution is 2.31. The number of ether oxygens (including phenoxy) is 1. The molecule has 0 saturated heterocycles. The van der Waals surface area contributed by atoms with Crippen molar-refractivity contribution < 1.29 is 9.15 Å². The molecular weight excluding hydrogens is 316 g/mol. The van der Waals surface area contributed by atoms with Gasteiger partial charge in [0, 0.05) is 18.8 Å². The van der Waals surface area contributed by atoms with E-state index in [-0.39, 0.29) is 5.43 Å². The Balaban J connectivity index is 2.07. The van der Waals surface area contributed by atoms with Crippen molar-refractivity contribution in [2.75, 3.05) is 38.6 Å². The smallest absolute Gasteiger partial charge is 0.202 e. The van der Waals surface area contributed by atoms with Gasteiger partial charge in [0.1, 0.15) is 5.58 Å². The lowest BCUT2D eigenvalue weighted by atomic mass is 10.1. The highest BCUT2D eigenvalue weighted by molar-refractivity contribution is 5.99. The number of methoxy groups -OCH3 is 1. The molecule has 1 N–H and O–H groups in total. The van der Waals surface area contributed by atoms with E-state index in [1.165, 1.54) is 0 Å². The summed E-state index contributed by atoms with van der Waals surface area (Å²) in [6.45, 7) is 7.98. The Morgan fingerprint density at radius 3 is 2.60 bits per heavy atom. The largest absolute Gasteiger partial charge is 0.493 e. The molecule has 25 heavy (non-hydrogen) atoms. The topological polar surface area (TPSA) is 54.7 Å². The van der Waals surface area contributed by atoms with Crippen LogP contribution in [0.4, 0.5) is 5.69 Å². The second kappa shape index (κ2) is 7.57. The van der Waals surface area contributed by atoms with Crippen LogP contribution in [0.25, 0.3) is 21.9 Å². The minimum absolute atomic E-state index is 0.0407. The Kier molecular flexibility index (Phi) is 5.24. The lowest BCUT2D eigenvalue weighted by molar-refractivity contribution is 0.316. The molecule has 0 amide bonds.